The van der Waals surface area contributed by atoms with Gasteiger partial charge in [0.2, 0.25) is 0 Å². The normalized spacial score (nSPS) is 14.7. The van der Waals surface area contributed by atoms with E-state index in [0.717, 1.165) is 17.8 Å². The number of aryl methyl sites for hydroxylation is 1. The fourth-order valence-corrected chi connectivity index (χ4v) is 3.61. The lowest BCUT2D eigenvalue weighted by Crippen LogP contribution is -2.38. The van der Waals surface area contributed by atoms with Gasteiger partial charge in [-0.25, -0.2) is 4.98 Å². The average molecular weight is 486 g/mol. The van der Waals surface area contributed by atoms with E-state index in [1.807, 2.05) is 4.90 Å². The lowest BCUT2D eigenvalue weighted by molar-refractivity contribution is -0.152. The Bertz CT molecular complexity index is 1010. The number of carbonyl (C=O) groups excluding carboxylic acids is 2. The van der Waals surface area contributed by atoms with Crippen molar-refractivity contribution in [1.29, 1.82) is 0 Å². The number of anilines is 2. The highest BCUT2D eigenvalue weighted by molar-refractivity contribution is 6.31. The van der Waals surface area contributed by atoms with E-state index in [1.165, 1.54) is 13.2 Å². The molecule has 1 N–H and O–H groups in total. The molecule has 3 rings (SSSR count). The molecule has 7 nitrogen and oxygen atoms in total. The van der Waals surface area contributed by atoms with Gasteiger partial charge in [-0.3, -0.25) is 9.59 Å². The number of hydrogen-bond donors (Lipinski definition) is 1. The molecule has 0 atom stereocenters. The molecule has 1 fully saturated rings. The van der Waals surface area contributed by atoms with E-state index >= 15 is 0 Å². The van der Waals surface area contributed by atoms with Crippen LogP contribution in [0.25, 0.3) is 0 Å². The Labute approximate surface area is 193 Å². The standard InChI is InChI=1S/C22H23ClF3N3O4/c1-13-9-17(18(32-2)10-16(13)23)28-20(30)12-33-21(31)14-5-7-29(8-6-14)19-4-3-15(11-27-19)22(24,25)26/h3-4,9-11,14H,5-8,12H2,1-2H3,(H,28,30). The second kappa shape index (κ2) is 10.3. The van der Waals surface area contributed by atoms with Gasteiger partial charge in [0.1, 0.15) is 11.6 Å². The van der Waals surface area contributed by atoms with Gasteiger partial charge >= 0.3 is 12.1 Å². The number of carbonyl (C=O) groups is 2. The number of aromatic nitrogens is 1. The molecule has 1 aromatic heterocycles. The number of rotatable bonds is 6. The maximum absolute atomic E-state index is 12.7. The average Bonchev–Trinajstić information content (AvgIpc) is 2.79. The number of halogens is 4. The van der Waals surface area contributed by atoms with Crippen molar-refractivity contribution in [3.63, 3.8) is 0 Å². The summed E-state index contributed by atoms with van der Waals surface area (Å²) >= 11 is 6.05. The van der Waals surface area contributed by atoms with Crippen LogP contribution in [-0.2, 0) is 20.5 Å². The molecule has 1 aliphatic heterocycles. The van der Waals surface area contributed by atoms with E-state index in [-0.39, 0.29) is 0 Å². The second-order valence-corrected chi connectivity index (χ2v) is 8.03. The Kier molecular flexibility index (Phi) is 7.68. The Balaban J connectivity index is 1.48. The van der Waals surface area contributed by atoms with Crippen molar-refractivity contribution < 1.29 is 32.2 Å². The zero-order chi connectivity index (χ0) is 24.2. The van der Waals surface area contributed by atoms with Crippen molar-refractivity contribution in [1.82, 2.24) is 4.98 Å². The Hall–Kier alpha value is -3.01. The van der Waals surface area contributed by atoms with Crippen molar-refractivity contribution in [3.05, 3.63) is 46.6 Å². The Morgan fingerprint density at radius 2 is 1.94 bits per heavy atom. The Morgan fingerprint density at radius 1 is 1.24 bits per heavy atom. The summed E-state index contributed by atoms with van der Waals surface area (Å²) in [6, 6.07) is 5.54. The molecule has 2 heterocycles. The van der Waals surface area contributed by atoms with Gasteiger partial charge in [0.05, 0.1) is 24.3 Å². The van der Waals surface area contributed by atoms with Gasteiger partial charge in [-0.05, 0) is 43.5 Å². The third-order valence-electron chi connectivity index (χ3n) is 5.33. The molecule has 33 heavy (non-hydrogen) atoms. The molecule has 1 aromatic carbocycles. The largest absolute Gasteiger partial charge is 0.495 e. The van der Waals surface area contributed by atoms with E-state index in [0.29, 0.717) is 48.2 Å². The number of nitrogens with zero attached hydrogens (tertiary/aromatic N) is 2. The smallest absolute Gasteiger partial charge is 0.417 e. The van der Waals surface area contributed by atoms with Crippen LogP contribution in [0.15, 0.2) is 30.5 Å². The highest BCUT2D eigenvalue weighted by atomic mass is 35.5. The third-order valence-corrected chi connectivity index (χ3v) is 5.74. The maximum Gasteiger partial charge on any atom is 0.417 e. The van der Waals surface area contributed by atoms with Gasteiger partial charge in [0.15, 0.2) is 6.61 Å². The topological polar surface area (TPSA) is 80.8 Å². The summed E-state index contributed by atoms with van der Waals surface area (Å²) in [6.45, 7) is 2.20. The van der Waals surface area contributed by atoms with E-state index in [4.69, 9.17) is 21.1 Å². The molecule has 0 aliphatic carbocycles. The predicted molar refractivity (Wildman–Crippen MR) is 117 cm³/mol. The van der Waals surface area contributed by atoms with Gasteiger partial charge < -0.3 is 19.7 Å². The first-order valence-corrected chi connectivity index (χ1v) is 10.5. The molecular formula is C22H23ClF3N3O4. The van der Waals surface area contributed by atoms with Crippen LogP contribution in [0, 0.1) is 12.8 Å². The zero-order valence-corrected chi connectivity index (χ0v) is 18.8. The SMILES string of the molecule is COc1cc(Cl)c(C)cc1NC(=O)COC(=O)C1CCN(c2ccc(C(F)(F)F)cn2)CC1. The number of alkyl halides is 3. The van der Waals surface area contributed by atoms with Gasteiger partial charge in [0.25, 0.3) is 5.91 Å². The summed E-state index contributed by atoms with van der Waals surface area (Å²) in [6.07, 6.45) is -2.77. The van der Waals surface area contributed by atoms with E-state index in [2.05, 4.69) is 10.3 Å². The van der Waals surface area contributed by atoms with Crippen LogP contribution < -0.4 is 15.0 Å². The highest BCUT2D eigenvalue weighted by Gasteiger charge is 2.32. The van der Waals surface area contributed by atoms with Crippen LogP contribution in [0.4, 0.5) is 24.7 Å². The number of amides is 1. The number of benzene rings is 1. The van der Waals surface area contributed by atoms with Crippen molar-refractivity contribution >= 4 is 35.0 Å². The number of pyridine rings is 1. The van der Waals surface area contributed by atoms with Crippen LogP contribution in [0.3, 0.4) is 0 Å². The number of ether oxygens (including phenoxy) is 2. The fourth-order valence-electron chi connectivity index (χ4n) is 3.46. The minimum atomic E-state index is -4.44. The zero-order valence-electron chi connectivity index (χ0n) is 18.0. The van der Waals surface area contributed by atoms with Crippen molar-refractivity contribution in [3.8, 4) is 5.75 Å². The first-order valence-electron chi connectivity index (χ1n) is 10.2. The van der Waals surface area contributed by atoms with Crippen LogP contribution in [0.1, 0.15) is 24.0 Å². The monoisotopic (exact) mass is 485 g/mol. The van der Waals surface area contributed by atoms with E-state index in [9.17, 15) is 22.8 Å². The highest BCUT2D eigenvalue weighted by Crippen LogP contribution is 2.32. The molecule has 0 radical (unpaired) electrons. The van der Waals surface area contributed by atoms with Crippen LogP contribution in [0.5, 0.6) is 5.75 Å². The molecule has 178 valence electrons. The lowest BCUT2D eigenvalue weighted by Gasteiger charge is -2.31. The molecule has 1 saturated heterocycles. The van der Waals surface area contributed by atoms with Gasteiger partial charge in [0, 0.05) is 30.4 Å². The number of nitrogens with one attached hydrogen (secondary N) is 1. The van der Waals surface area contributed by atoms with Gasteiger partial charge in [-0.15, -0.1) is 0 Å². The van der Waals surface area contributed by atoms with Gasteiger partial charge in [-0.2, -0.15) is 13.2 Å². The van der Waals surface area contributed by atoms with E-state index < -0.39 is 36.1 Å². The number of hydrogen-bond acceptors (Lipinski definition) is 6. The molecule has 1 aliphatic rings. The molecule has 0 saturated carbocycles. The number of piperidine rings is 1. The minimum Gasteiger partial charge on any atom is -0.495 e. The first-order chi connectivity index (χ1) is 15.6. The summed E-state index contributed by atoms with van der Waals surface area (Å²) in [5.74, 6) is -0.620. The lowest BCUT2D eigenvalue weighted by atomic mass is 9.97. The summed E-state index contributed by atoms with van der Waals surface area (Å²) in [4.78, 5) is 30.3. The maximum atomic E-state index is 12.7. The molecular weight excluding hydrogens is 463 g/mol. The molecule has 1 amide bonds. The third kappa shape index (κ3) is 6.28. The van der Waals surface area contributed by atoms with Gasteiger partial charge in [-0.1, -0.05) is 11.6 Å². The summed E-state index contributed by atoms with van der Waals surface area (Å²) in [5, 5.41) is 3.13. The van der Waals surface area contributed by atoms with Crippen LogP contribution in [-0.4, -0.2) is 43.7 Å². The summed E-state index contributed by atoms with van der Waals surface area (Å²) in [7, 11) is 1.45. The van der Waals surface area contributed by atoms with Crippen LogP contribution >= 0.6 is 11.6 Å². The number of methoxy groups -OCH3 is 1. The van der Waals surface area contributed by atoms with E-state index in [1.54, 1.807) is 19.1 Å². The van der Waals surface area contributed by atoms with Crippen molar-refractivity contribution in [2.24, 2.45) is 5.92 Å². The Morgan fingerprint density at radius 3 is 2.52 bits per heavy atom. The molecule has 0 bridgehead atoms. The minimum absolute atomic E-state index is 0.384. The molecule has 11 heteroatoms. The quantitative estimate of drug-likeness (QED) is 0.608. The molecule has 2 aromatic rings. The van der Waals surface area contributed by atoms with Crippen molar-refractivity contribution in [2.75, 3.05) is 37.0 Å². The van der Waals surface area contributed by atoms with Crippen LogP contribution in [0.2, 0.25) is 5.02 Å². The summed E-state index contributed by atoms with van der Waals surface area (Å²) < 4.78 is 48.4. The molecule has 0 spiro atoms. The number of esters is 1. The molecule has 0 unspecified atom stereocenters. The summed E-state index contributed by atoms with van der Waals surface area (Å²) in [5.41, 5.74) is 0.353. The first kappa shape index (κ1) is 24.6. The predicted octanol–water partition coefficient (Wildman–Crippen LogP) is 4.47. The second-order valence-electron chi connectivity index (χ2n) is 7.62. The van der Waals surface area contributed by atoms with Crippen molar-refractivity contribution in [2.45, 2.75) is 25.9 Å². The fraction of sp³-hybridized carbons (Fsp3) is 0.409.